The lowest BCUT2D eigenvalue weighted by atomic mass is 10.1. The quantitative estimate of drug-likeness (QED) is 0.426. The van der Waals surface area contributed by atoms with Crippen LogP contribution < -0.4 is 5.32 Å². The number of benzene rings is 2. The highest BCUT2D eigenvalue weighted by atomic mass is 35.5. The molecule has 0 radical (unpaired) electrons. The number of carbonyl (C=O) groups is 1. The first-order valence-electron chi connectivity index (χ1n) is 8.28. The molecule has 1 N–H and O–H groups in total. The molecule has 3 rings (SSSR count). The second kappa shape index (κ2) is 8.33. The van der Waals surface area contributed by atoms with Gasteiger partial charge in [-0.25, -0.2) is 4.98 Å². The Balaban J connectivity index is 1.86. The summed E-state index contributed by atoms with van der Waals surface area (Å²) in [6.07, 6.45) is 0.915. The number of nitrogens with zero attached hydrogens (tertiary/aromatic N) is 3. The van der Waals surface area contributed by atoms with E-state index in [1.165, 1.54) is 5.56 Å². The lowest BCUT2D eigenvalue weighted by molar-refractivity contribution is -0.393. The van der Waals surface area contributed by atoms with Gasteiger partial charge in [0, 0.05) is 23.1 Å². The van der Waals surface area contributed by atoms with Gasteiger partial charge in [-0.1, -0.05) is 42.8 Å². The predicted molar refractivity (Wildman–Crippen MR) is 110 cm³/mol. The molecular formula is C18H13ClN4O5S. The fraction of sp³-hybridized carbons (Fsp3) is 0.111. The fourth-order valence-corrected chi connectivity index (χ4v) is 3.50. The van der Waals surface area contributed by atoms with Crippen molar-refractivity contribution in [1.29, 1.82) is 0 Å². The number of nitro groups is 2. The summed E-state index contributed by atoms with van der Waals surface area (Å²) in [5.74, 6) is -0.768. The zero-order valence-corrected chi connectivity index (χ0v) is 16.5. The van der Waals surface area contributed by atoms with E-state index in [1.807, 2.05) is 24.3 Å². The number of aryl methyl sites for hydroxylation is 1. The van der Waals surface area contributed by atoms with Crippen LogP contribution in [0, 0.1) is 20.2 Å². The van der Waals surface area contributed by atoms with Gasteiger partial charge < -0.3 is 0 Å². The summed E-state index contributed by atoms with van der Waals surface area (Å²) in [5, 5.41) is 26.1. The lowest BCUT2D eigenvalue weighted by Crippen LogP contribution is -2.12. The van der Waals surface area contributed by atoms with Crippen LogP contribution in [0.1, 0.15) is 22.8 Å². The van der Waals surface area contributed by atoms with Crippen molar-refractivity contribution in [2.24, 2.45) is 0 Å². The van der Waals surface area contributed by atoms with Gasteiger partial charge in [0.25, 0.3) is 17.3 Å². The van der Waals surface area contributed by atoms with E-state index in [2.05, 4.69) is 17.2 Å². The molecule has 0 bridgehead atoms. The maximum absolute atomic E-state index is 12.5. The van der Waals surface area contributed by atoms with Crippen molar-refractivity contribution < 1.29 is 14.6 Å². The van der Waals surface area contributed by atoms with E-state index in [0.717, 1.165) is 35.5 Å². The number of rotatable bonds is 6. The molecule has 1 aromatic heterocycles. The van der Waals surface area contributed by atoms with E-state index in [4.69, 9.17) is 11.6 Å². The second-order valence-corrected chi connectivity index (χ2v) is 7.12. The molecule has 0 saturated heterocycles. The number of amides is 1. The minimum atomic E-state index is -0.881. The van der Waals surface area contributed by atoms with Crippen molar-refractivity contribution in [1.82, 2.24) is 4.98 Å². The molecule has 0 aliphatic rings. The molecule has 0 aliphatic heterocycles. The molecule has 3 aromatic rings. The molecule has 0 unspecified atom stereocenters. The van der Waals surface area contributed by atoms with Gasteiger partial charge in [0.1, 0.15) is 0 Å². The Morgan fingerprint density at radius 1 is 1.14 bits per heavy atom. The number of nitrogens with one attached hydrogen (secondary N) is 1. The van der Waals surface area contributed by atoms with Crippen LogP contribution in [-0.4, -0.2) is 20.7 Å². The topological polar surface area (TPSA) is 128 Å². The van der Waals surface area contributed by atoms with Crippen LogP contribution in [-0.2, 0) is 6.42 Å². The maximum Gasteiger partial charge on any atom is 0.295 e. The van der Waals surface area contributed by atoms with Crippen molar-refractivity contribution in [2.75, 3.05) is 5.32 Å². The van der Waals surface area contributed by atoms with E-state index in [9.17, 15) is 25.0 Å². The largest absolute Gasteiger partial charge is 0.298 e. The van der Waals surface area contributed by atoms with E-state index < -0.39 is 32.2 Å². The van der Waals surface area contributed by atoms with Crippen molar-refractivity contribution in [2.45, 2.75) is 13.3 Å². The molecule has 1 amide bonds. The van der Waals surface area contributed by atoms with Gasteiger partial charge in [-0.15, -0.1) is 11.3 Å². The first kappa shape index (κ1) is 20.4. The molecule has 0 aliphatic carbocycles. The number of thiazole rings is 1. The van der Waals surface area contributed by atoms with Crippen LogP contribution in [0.2, 0.25) is 5.02 Å². The molecule has 9 nitrogen and oxygen atoms in total. The number of carbonyl (C=O) groups excluding carboxylic acids is 1. The Labute approximate surface area is 173 Å². The highest BCUT2D eigenvalue weighted by Gasteiger charge is 2.27. The molecular weight excluding hydrogens is 420 g/mol. The fourth-order valence-electron chi connectivity index (χ4n) is 2.54. The van der Waals surface area contributed by atoms with E-state index >= 15 is 0 Å². The molecule has 0 spiro atoms. The zero-order chi connectivity index (χ0) is 21.1. The monoisotopic (exact) mass is 432 g/mol. The van der Waals surface area contributed by atoms with Gasteiger partial charge in [0.05, 0.1) is 21.1 Å². The minimum Gasteiger partial charge on any atom is -0.298 e. The third kappa shape index (κ3) is 4.39. The number of halogens is 1. The summed E-state index contributed by atoms with van der Waals surface area (Å²) in [6.45, 7) is 2.05. The SMILES string of the molecule is CCc1ccc(-c2csc(NC(=O)c3cc([N+](=O)[O-])c(Cl)c([N+](=O)[O-])c3)n2)cc1. The highest BCUT2D eigenvalue weighted by molar-refractivity contribution is 7.14. The summed E-state index contributed by atoms with van der Waals surface area (Å²) in [6, 6.07) is 9.60. The molecule has 0 atom stereocenters. The first-order valence-corrected chi connectivity index (χ1v) is 9.54. The van der Waals surface area contributed by atoms with Crippen LogP contribution in [0.4, 0.5) is 16.5 Å². The van der Waals surface area contributed by atoms with Gasteiger partial charge in [0.2, 0.25) is 0 Å². The average molecular weight is 433 g/mol. The van der Waals surface area contributed by atoms with Crippen molar-refractivity contribution in [3.8, 4) is 11.3 Å². The van der Waals surface area contributed by atoms with Crippen LogP contribution >= 0.6 is 22.9 Å². The van der Waals surface area contributed by atoms with Gasteiger partial charge in [-0.3, -0.25) is 30.3 Å². The summed E-state index contributed by atoms with van der Waals surface area (Å²) in [7, 11) is 0. The molecule has 0 saturated carbocycles. The lowest BCUT2D eigenvalue weighted by Gasteiger charge is -2.04. The van der Waals surface area contributed by atoms with Crippen molar-refractivity contribution in [3.05, 3.63) is 78.2 Å². The highest BCUT2D eigenvalue weighted by Crippen LogP contribution is 2.35. The first-order chi connectivity index (χ1) is 13.8. The molecule has 148 valence electrons. The predicted octanol–water partition coefficient (Wildman–Crippen LogP) is 5.09. The van der Waals surface area contributed by atoms with Gasteiger partial charge in [0.15, 0.2) is 10.2 Å². The van der Waals surface area contributed by atoms with Crippen molar-refractivity contribution in [3.63, 3.8) is 0 Å². The minimum absolute atomic E-state index is 0.254. The van der Waals surface area contributed by atoms with E-state index in [-0.39, 0.29) is 10.7 Å². The molecule has 2 aromatic carbocycles. The summed E-state index contributed by atoms with van der Waals surface area (Å²) < 4.78 is 0. The molecule has 29 heavy (non-hydrogen) atoms. The van der Waals surface area contributed by atoms with Crippen LogP contribution in [0.15, 0.2) is 41.8 Å². The van der Waals surface area contributed by atoms with Crippen LogP contribution in [0.25, 0.3) is 11.3 Å². The maximum atomic E-state index is 12.5. The normalized spacial score (nSPS) is 10.6. The number of hydrogen-bond acceptors (Lipinski definition) is 7. The molecule has 0 fully saturated rings. The molecule has 1 heterocycles. The van der Waals surface area contributed by atoms with Crippen molar-refractivity contribution >= 4 is 45.4 Å². The number of hydrogen-bond donors (Lipinski definition) is 1. The number of aromatic nitrogens is 1. The summed E-state index contributed by atoms with van der Waals surface area (Å²) in [5.41, 5.74) is 1.00. The Hall–Kier alpha value is -3.37. The third-order valence-corrected chi connectivity index (χ3v) is 5.22. The number of anilines is 1. The third-order valence-electron chi connectivity index (χ3n) is 4.07. The average Bonchev–Trinajstić information content (AvgIpc) is 3.16. The Morgan fingerprint density at radius 2 is 1.72 bits per heavy atom. The Kier molecular flexibility index (Phi) is 5.85. The standard InChI is InChI=1S/C18H13ClN4O5S/c1-2-10-3-5-11(6-4-10)13-9-29-18(20-13)21-17(24)12-7-14(22(25)26)16(19)15(8-12)23(27)28/h3-9H,2H2,1H3,(H,20,21,24). The summed E-state index contributed by atoms with van der Waals surface area (Å²) in [4.78, 5) is 37.2. The zero-order valence-electron chi connectivity index (χ0n) is 14.9. The van der Waals surface area contributed by atoms with Gasteiger partial charge in [-0.2, -0.15) is 0 Å². The van der Waals surface area contributed by atoms with Gasteiger partial charge >= 0.3 is 0 Å². The second-order valence-electron chi connectivity index (χ2n) is 5.89. The Bertz CT molecular complexity index is 1080. The van der Waals surface area contributed by atoms with Crippen LogP contribution in [0.3, 0.4) is 0 Å². The van der Waals surface area contributed by atoms with E-state index in [1.54, 1.807) is 5.38 Å². The van der Waals surface area contributed by atoms with Gasteiger partial charge in [-0.05, 0) is 12.0 Å². The summed E-state index contributed by atoms with van der Waals surface area (Å²) >= 11 is 6.87. The van der Waals surface area contributed by atoms with E-state index in [0.29, 0.717) is 5.69 Å². The number of nitro benzene ring substituents is 2. The smallest absolute Gasteiger partial charge is 0.295 e. The van der Waals surface area contributed by atoms with Crippen LogP contribution in [0.5, 0.6) is 0 Å². The Morgan fingerprint density at radius 3 is 2.24 bits per heavy atom. The molecule has 11 heteroatoms.